The van der Waals surface area contributed by atoms with Crippen LogP contribution in [0.1, 0.15) is 23.5 Å². The zero-order valence-electron chi connectivity index (χ0n) is 8.17. The fraction of sp³-hybridized carbons (Fsp3) is 0.444. The number of hydrogen-bond donors (Lipinski definition) is 0. The van der Waals surface area contributed by atoms with Crippen LogP contribution in [-0.2, 0) is 4.74 Å². The van der Waals surface area contributed by atoms with E-state index in [1.807, 2.05) is 19.2 Å². The van der Waals surface area contributed by atoms with E-state index >= 15 is 0 Å². The predicted octanol–water partition coefficient (Wildman–Crippen LogP) is 3.08. The van der Waals surface area contributed by atoms with Gasteiger partial charge in [-0.05, 0) is 29.8 Å². The smallest absolute Gasteiger partial charge is 0.351 e. The van der Waals surface area contributed by atoms with Crippen molar-refractivity contribution >= 4 is 33.2 Å². The zero-order chi connectivity index (χ0) is 10.7. The van der Waals surface area contributed by atoms with E-state index < -0.39 is 0 Å². The summed E-state index contributed by atoms with van der Waals surface area (Å²) in [6, 6.07) is 0. The van der Waals surface area contributed by atoms with Crippen molar-refractivity contribution in [2.75, 3.05) is 7.11 Å². The minimum absolute atomic E-state index is 0.0318. The molecule has 0 spiro atoms. The van der Waals surface area contributed by atoms with Crippen LogP contribution in [0.5, 0.6) is 5.75 Å². The van der Waals surface area contributed by atoms with Gasteiger partial charge in [0, 0.05) is 5.38 Å². The van der Waals surface area contributed by atoms with E-state index in [4.69, 9.17) is 4.74 Å². The second kappa shape index (κ2) is 4.79. The molecule has 0 N–H and O–H groups in total. The number of ether oxygens (including phenoxy) is 2. The summed E-state index contributed by atoms with van der Waals surface area (Å²) in [4.78, 5) is 11.8. The van der Waals surface area contributed by atoms with Gasteiger partial charge < -0.3 is 9.47 Å². The van der Waals surface area contributed by atoms with Gasteiger partial charge in [0.2, 0.25) is 0 Å². The van der Waals surface area contributed by atoms with E-state index in [-0.39, 0.29) is 12.1 Å². The summed E-state index contributed by atoms with van der Waals surface area (Å²) in [5, 5.41) is 1.81. The standard InChI is InChI=1S/C9H11BrO3S/c1-5(2)13-7-6(10)4-14-8(7)9(11)12-3/h4-5H,1-3H3. The number of carbonyl (C=O) groups is 1. The van der Waals surface area contributed by atoms with Crippen LogP contribution in [0.3, 0.4) is 0 Å². The Morgan fingerprint density at radius 2 is 2.21 bits per heavy atom. The first-order chi connectivity index (χ1) is 6.56. The molecule has 1 heterocycles. The van der Waals surface area contributed by atoms with Crippen LogP contribution >= 0.6 is 27.3 Å². The Bertz CT molecular complexity index is 333. The number of halogens is 1. The van der Waals surface area contributed by atoms with Gasteiger partial charge in [0.15, 0.2) is 10.6 Å². The van der Waals surface area contributed by atoms with Crippen LogP contribution < -0.4 is 4.74 Å². The Morgan fingerprint density at radius 1 is 1.57 bits per heavy atom. The molecule has 0 aliphatic carbocycles. The van der Waals surface area contributed by atoms with Crippen LogP contribution in [0.4, 0.5) is 0 Å². The Morgan fingerprint density at radius 3 is 2.71 bits per heavy atom. The van der Waals surface area contributed by atoms with Crippen molar-refractivity contribution in [3.8, 4) is 5.75 Å². The SMILES string of the molecule is COC(=O)c1scc(Br)c1OC(C)C. The molecular formula is C9H11BrO3S. The molecule has 0 bridgehead atoms. The molecule has 3 nitrogen and oxygen atoms in total. The lowest BCUT2D eigenvalue weighted by Gasteiger charge is -2.10. The lowest BCUT2D eigenvalue weighted by Crippen LogP contribution is -2.09. The van der Waals surface area contributed by atoms with Crippen molar-refractivity contribution in [1.29, 1.82) is 0 Å². The van der Waals surface area contributed by atoms with Crippen molar-refractivity contribution < 1.29 is 14.3 Å². The maximum absolute atomic E-state index is 11.3. The van der Waals surface area contributed by atoms with Gasteiger partial charge in [0.1, 0.15) is 0 Å². The highest BCUT2D eigenvalue weighted by Gasteiger charge is 2.19. The van der Waals surface area contributed by atoms with Crippen molar-refractivity contribution in [1.82, 2.24) is 0 Å². The van der Waals surface area contributed by atoms with Gasteiger partial charge in [-0.15, -0.1) is 11.3 Å². The summed E-state index contributed by atoms with van der Waals surface area (Å²) in [7, 11) is 1.36. The molecule has 0 amide bonds. The summed E-state index contributed by atoms with van der Waals surface area (Å²) in [5.41, 5.74) is 0. The van der Waals surface area contributed by atoms with Crippen molar-refractivity contribution in [3.63, 3.8) is 0 Å². The van der Waals surface area contributed by atoms with E-state index in [1.165, 1.54) is 18.4 Å². The first-order valence-corrected chi connectivity index (χ1v) is 5.75. The molecule has 0 aliphatic heterocycles. The van der Waals surface area contributed by atoms with E-state index in [2.05, 4.69) is 20.7 Å². The van der Waals surface area contributed by atoms with Crippen LogP contribution in [0.25, 0.3) is 0 Å². The first-order valence-electron chi connectivity index (χ1n) is 4.08. The molecule has 0 saturated carbocycles. The van der Waals surface area contributed by atoms with Gasteiger partial charge in [-0.1, -0.05) is 0 Å². The van der Waals surface area contributed by atoms with Crippen LogP contribution in [-0.4, -0.2) is 19.2 Å². The molecule has 0 radical (unpaired) electrons. The molecule has 0 fully saturated rings. The molecule has 0 saturated heterocycles. The summed E-state index contributed by atoms with van der Waals surface area (Å²) in [6.45, 7) is 3.82. The lowest BCUT2D eigenvalue weighted by molar-refractivity contribution is 0.0600. The normalized spacial score (nSPS) is 10.4. The topological polar surface area (TPSA) is 35.5 Å². The third-order valence-corrected chi connectivity index (χ3v) is 3.26. The second-order valence-corrected chi connectivity index (χ2v) is 4.63. The van der Waals surface area contributed by atoms with Gasteiger partial charge in [0.05, 0.1) is 17.7 Å². The molecule has 1 rings (SSSR count). The Hall–Kier alpha value is -0.550. The summed E-state index contributed by atoms with van der Waals surface area (Å²) in [5.74, 6) is 0.202. The van der Waals surface area contributed by atoms with E-state index in [1.54, 1.807) is 0 Å². The average Bonchev–Trinajstić information content (AvgIpc) is 2.46. The summed E-state index contributed by atoms with van der Waals surface area (Å²) in [6.07, 6.45) is 0.0318. The quantitative estimate of drug-likeness (QED) is 0.798. The monoisotopic (exact) mass is 278 g/mol. The molecular weight excluding hydrogens is 268 g/mol. The molecule has 5 heteroatoms. The third kappa shape index (κ3) is 2.48. The maximum Gasteiger partial charge on any atom is 0.351 e. The number of thiophene rings is 1. The van der Waals surface area contributed by atoms with E-state index in [0.29, 0.717) is 10.6 Å². The summed E-state index contributed by atoms with van der Waals surface area (Å²) >= 11 is 4.63. The van der Waals surface area contributed by atoms with Gasteiger partial charge in [-0.3, -0.25) is 0 Å². The van der Waals surface area contributed by atoms with E-state index in [0.717, 1.165) is 4.47 Å². The molecule has 1 aromatic rings. The molecule has 0 aromatic carbocycles. The lowest BCUT2D eigenvalue weighted by atomic mass is 10.4. The van der Waals surface area contributed by atoms with Crippen molar-refractivity contribution in [2.24, 2.45) is 0 Å². The summed E-state index contributed by atoms with van der Waals surface area (Å²) < 4.78 is 10.9. The van der Waals surface area contributed by atoms with Gasteiger partial charge in [-0.2, -0.15) is 0 Å². The molecule has 1 aromatic heterocycles. The highest BCUT2D eigenvalue weighted by molar-refractivity contribution is 9.10. The highest BCUT2D eigenvalue weighted by atomic mass is 79.9. The van der Waals surface area contributed by atoms with E-state index in [9.17, 15) is 4.79 Å². The van der Waals surface area contributed by atoms with Crippen LogP contribution in [0, 0.1) is 0 Å². The average molecular weight is 279 g/mol. The minimum atomic E-state index is -0.364. The largest absolute Gasteiger partial charge is 0.488 e. The highest BCUT2D eigenvalue weighted by Crippen LogP contribution is 2.36. The number of hydrogen-bond acceptors (Lipinski definition) is 4. The fourth-order valence-electron chi connectivity index (χ4n) is 0.905. The van der Waals surface area contributed by atoms with Gasteiger partial charge in [0.25, 0.3) is 0 Å². The number of rotatable bonds is 3. The molecule has 78 valence electrons. The molecule has 0 atom stereocenters. The van der Waals surface area contributed by atoms with Crippen molar-refractivity contribution in [2.45, 2.75) is 20.0 Å². The molecule has 0 unspecified atom stereocenters. The van der Waals surface area contributed by atoms with Crippen LogP contribution in [0.15, 0.2) is 9.85 Å². The molecule has 0 aliphatic rings. The fourth-order valence-corrected chi connectivity index (χ4v) is 2.38. The second-order valence-electron chi connectivity index (χ2n) is 2.90. The Kier molecular flexibility index (Phi) is 3.95. The maximum atomic E-state index is 11.3. The van der Waals surface area contributed by atoms with Gasteiger partial charge >= 0.3 is 5.97 Å². The van der Waals surface area contributed by atoms with Crippen molar-refractivity contribution in [3.05, 3.63) is 14.7 Å². The predicted molar refractivity (Wildman–Crippen MR) is 59.1 cm³/mol. The first kappa shape index (κ1) is 11.5. The van der Waals surface area contributed by atoms with Crippen LogP contribution in [0.2, 0.25) is 0 Å². The number of methoxy groups -OCH3 is 1. The Balaban J connectivity index is 2.99. The third-order valence-electron chi connectivity index (χ3n) is 1.43. The number of esters is 1. The zero-order valence-corrected chi connectivity index (χ0v) is 10.6. The minimum Gasteiger partial charge on any atom is -0.488 e. The molecule has 14 heavy (non-hydrogen) atoms. The Labute approximate surface area is 95.2 Å². The van der Waals surface area contributed by atoms with Gasteiger partial charge in [-0.25, -0.2) is 4.79 Å². The number of carbonyl (C=O) groups excluding carboxylic acids is 1.